The molecule has 0 saturated heterocycles. The molecular weight excluding hydrogens is 320 g/mol. The topological polar surface area (TPSA) is 23.6 Å². The van der Waals surface area contributed by atoms with Crippen LogP contribution in [0.4, 0.5) is 0 Å². The number of benzene rings is 2. The Morgan fingerprint density at radius 3 is 1.73 bits per heavy atom. The van der Waals surface area contributed by atoms with Crippen molar-refractivity contribution in [1.82, 2.24) is 9.80 Å². The fourth-order valence-electron chi connectivity index (χ4n) is 3.25. The molecule has 0 bridgehead atoms. The van der Waals surface area contributed by atoms with Crippen LogP contribution in [0.15, 0.2) is 60.7 Å². The van der Waals surface area contributed by atoms with E-state index >= 15 is 0 Å². The van der Waals surface area contributed by atoms with Gasteiger partial charge >= 0.3 is 0 Å². The van der Waals surface area contributed by atoms with Crippen LogP contribution >= 0.6 is 0 Å². The highest BCUT2D eigenvalue weighted by atomic mass is 16.2. The van der Waals surface area contributed by atoms with Crippen LogP contribution in [0.3, 0.4) is 0 Å². The number of amides is 1. The summed E-state index contributed by atoms with van der Waals surface area (Å²) in [7, 11) is 0. The van der Waals surface area contributed by atoms with Gasteiger partial charge in [-0.1, -0.05) is 60.7 Å². The number of carbonyl (C=O) groups excluding carboxylic acids is 1. The first-order valence-corrected chi connectivity index (χ1v) is 9.73. The summed E-state index contributed by atoms with van der Waals surface area (Å²) in [6.07, 6.45) is 1.50. The summed E-state index contributed by atoms with van der Waals surface area (Å²) in [6.45, 7) is 9.71. The molecule has 0 N–H and O–H groups in total. The number of carbonyl (C=O) groups is 1. The Bertz CT molecular complexity index is 596. The fraction of sp³-hybridized carbons (Fsp3) is 0.435. The van der Waals surface area contributed by atoms with Gasteiger partial charge in [-0.05, 0) is 38.3 Å². The molecule has 2 rings (SSSR count). The zero-order valence-electron chi connectivity index (χ0n) is 16.4. The van der Waals surface area contributed by atoms with E-state index in [2.05, 4.69) is 72.5 Å². The number of hydrogen-bond donors (Lipinski definition) is 0. The molecule has 0 aliphatic carbocycles. The summed E-state index contributed by atoms with van der Waals surface area (Å²) in [5.74, 6) is 0.265. The van der Waals surface area contributed by atoms with Crippen molar-refractivity contribution in [3.63, 3.8) is 0 Å². The molecule has 140 valence electrons. The van der Waals surface area contributed by atoms with Gasteiger partial charge in [-0.3, -0.25) is 9.69 Å². The van der Waals surface area contributed by atoms with E-state index in [9.17, 15) is 4.79 Å². The van der Waals surface area contributed by atoms with Crippen molar-refractivity contribution in [3.05, 3.63) is 71.8 Å². The standard InChI is InChI=1S/C23H32N2O/c1-4-24(5-2)23(26)17-16-20(3)25(18-21-12-8-6-9-13-21)19-22-14-10-7-11-15-22/h6-15,20H,4-5,16-19H2,1-3H3/t20-/m0/s1. The molecule has 0 unspecified atom stereocenters. The van der Waals surface area contributed by atoms with E-state index in [4.69, 9.17) is 0 Å². The number of hydrogen-bond acceptors (Lipinski definition) is 2. The van der Waals surface area contributed by atoms with Gasteiger partial charge in [0.2, 0.25) is 5.91 Å². The molecule has 0 saturated carbocycles. The summed E-state index contributed by atoms with van der Waals surface area (Å²) in [5, 5.41) is 0. The Morgan fingerprint density at radius 2 is 1.31 bits per heavy atom. The third-order valence-corrected chi connectivity index (χ3v) is 4.97. The van der Waals surface area contributed by atoms with Crippen LogP contribution in [0, 0.1) is 0 Å². The lowest BCUT2D eigenvalue weighted by molar-refractivity contribution is -0.131. The third kappa shape index (κ3) is 6.30. The van der Waals surface area contributed by atoms with Crippen molar-refractivity contribution in [2.45, 2.75) is 52.7 Å². The van der Waals surface area contributed by atoms with Gasteiger partial charge in [-0.2, -0.15) is 0 Å². The van der Waals surface area contributed by atoms with E-state index in [1.807, 2.05) is 18.7 Å². The minimum absolute atomic E-state index is 0.265. The van der Waals surface area contributed by atoms with Gasteiger partial charge in [0.15, 0.2) is 0 Å². The Kier molecular flexibility index (Phi) is 8.36. The number of rotatable bonds is 10. The van der Waals surface area contributed by atoms with Crippen LogP contribution in [0.25, 0.3) is 0 Å². The van der Waals surface area contributed by atoms with Crippen molar-refractivity contribution in [2.24, 2.45) is 0 Å². The molecule has 0 fully saturated rings. The van der Waals surface area contributed by atoms with Gasteiger partial charge in [0.05, 0.1) is 0 Å². The minimum atomic E-state index is 0.265. The van der Waals surface area contributed by atoms with Crippen LogP contribution in [0.5, 0.6) is 0 Å². The van der Waals surface area contributed by atoms with E-state index in [1.165, 1.54) is 11.1 Å². The average molecular weight is 353 g/mol. The molecule has 3 heteroatoms. The fourth-order valence-corrected chi connectivity index (χ4v) is 3.25. The molecule has 1 amide bonds. The quantitative estimate of drug-likeness (QED) is 0.617. The van der Waals surface area contributed by atoms with Gasteiger partial charge in [-0.25, -0.2) is 0 Å². The smallest absolute Gasteiger partial charge is 0.222 e. The van der Waals surface area contributed by atoms with Gasteiger partial charge in [-0.15, -0.1) is 0 Å². The van der Waals surface area contributed by atoms with Gasteiger partial charge in [0.1, 0.15) is 0 Å². The van der Waals surface area contributed by atoms with Crippen LogP contribution in [-0.2, 0) is 17.9 Å². The molecule has 26 heavy (non-hydrogen) atoms. The van der Waals surface area contributed by atoms with Crippen molar-refractivity contribution >= 4 is 5.91 Å². The molecular formula is C23H32N2O. The van der Waals surface area contributed by atoms with Crippen LogP contribution < -0.4 is 0 Å². The summed E-state index contributed by atoms with van der Waals surface area (Å²) in [4.78, 5) is 16.8. The van der Waals surface area contributed by atoms with Gasteiger partial charge in [0, 0.05) is 38.6 Å². The van der Waals surface area contributed by atoms with E-state index in [0.717, 1.165) is 32.6 Å². The lowest BCUT2D eigenvalue weighted by Gasteiger charge is -2.30. The van der Waals surface area contributed by atoms with E-state index in [0.29, 0.717) is 12.5 Å². The van der Waals surface area contributed by atoms with Crippen molar-refractivity contribution in [3.8, 4) is 0 Å². The highest BCUT2D eigenvalue weighted by molar-refractivity contribution is 5.76. The monoisotopic (exact) mass is 352 g/mol. The lowest BCUT2D eigenvalue weighted by Crippen LogP contribution is -2.35. The van der Waals surface area contributed by atoms with Gasteiger partial charge < -0.3 is 4.90 Å². The summed E-state index contributed by atoms with van der Waals surface area (Å²) in [5.41, 5.74) is 2.62. The maximum atomic E-state index is 12.4. The second kappa shape index (κ2) is 10.8. The molecule has 3 nitrogen and oxygen atoms in total. The normalized spacial score (nSPS) is 12.2. The van der Waals surface area contributed by atoms with E-state index < -0.39 is 0 Å². The van der Waals surface area contributed by atoms with Gasteiger partial charge in [0.25, 0.3) is 0 Å². The molecule has 1 atom stereocenters. The first kappa shape index (κ1) is 20.2. The van der Waals surface area contributed by atoms with Crippen LogP contribution in [0.1, 0.15) is 44.7 Å². The highest BCUT2D eigenvalue weighted by Gasteiger charge is 2.18. The molecule has 0 spiro atoms. The Hall–Kier alpha value is -2.13. The highest BCUT2D eigenvalue weighted by Crippen LogP contribution is 2.17. The molecule has 0 heterocycles. The Morgan fingerprint density at radius 1 is 0.846 bits per heavy atom. The summed E-state index contributed by atoms with van der Waals surface area (Å²) < 4.78 is 0. The largest absolute Gasteiger partial charge is 0.343 e. The Balaban J connectivity index is 2.03. The zero-order chi connectivity index (χ0) is 18.8. The summed E-state index contributed by atoms with van der Waals surface area (Å²) >= 11 is 0. The van der Waals surface area contributed by atoms with Crippen LogP contribution in [-0.4, -0.2) is 34.8 Å². The van der Waals surface area contributed by atoms with E-state index in [-0.39, 0.29) is 5.91 Å². The predicted molar refractivity (Wildman–Crippen MR) is 109 cm³/mol. The Labute approximate surface area is 158 Å². The first-order valence-electron chi connectivity index (χ1n) is 9.73. The van der Waals surface area contributed by atoms with Crippen molar-refractivity contribution in [2.75, 3.05) is 13.1 Å². The zero-order valence-corrected chi connectivity index (χ0v) is 16.4. The second-order valence-corrected chi connectivity index (χ2v) is 6.83. The molecule has 0 radical (unpaired) electrons. The van der Waals surface area contributed by atoms with Crippen molar-refractivity contribution < 1.29 is 4.79 Å². The van der Waals surface area contributed by atoms with E-state index in [1.54, 1.807) is 0 Å². The molecule has 0 aliphatic rings. The predicted octanol–water partition coefficient (Wildman–Crippen LogP) is 4.73. The van der Waals surface area contributed by atoms with Crippen LogP contribution in [0.2, 0.25) is 0 Å². The molecule has 2 aromatic rings. The summed E-state index contributed by atoms with van der Waals surface area (Å²) in [6, 6.07) is 21.5. The maximum absolute atomic E-state index is 12.4. The third-order valence-electron chi connectivity index (χ3n) is 4.97. The average Bonchev–Trinajstić information content (AvgIpc) is 2.68. The minimum Gasteiger partial charge on any atom is -0.343 e. The molecule has 2 aromatic carbocycles. The van der Waals surface area contributed by atoms with Crippen molar-refractivity contribution in [1.29, 1.82) is 0 Å². The number of nitrogens with zero attached hydrogens (tertiary/aromatic N) is 2. The molecule has 0 aromatic heterocycles. The first-order chi connectivity index (χ1) is 12.6. The lowest BCUT2D eigenvalue weighted by atomic mass is 10.1. The maximum Gasteiger partial charge on any atom is 0.222 e. The second-order valence-electron chi connectivity index (χ2n) is 6.83. The molecule has 0 aliphatic heterocycles. The SMILES string of the molecule is CCN(CC)C(=O)CC[C@H](C)N(Cc1ccccc1)Cc1ccccc1.